The molecular weight excluding hydrogens is 266 g/mol. The standard InChI is InChI=1S/C16H27N3O2/c17-15(20)12-4-2-1-3-5-13(12)18-16(21)19-14(10-6-7-10)11-8-9-11/h10-14H,1-9H2,(H2,17,20)(H2,18,19,21)/t12-,13+/m0/s1. The Kier molecular flexibility index (Phi) is 4.36. The summed E-state index contributed by atoms with van der Waals surface area (Å²) >= 11 is 0. The van der Waals surface area contributed by atoms with Gasteiger partial charge in [-0.25, -0.2) is 4.79 Å². The van der Waals surface area contributed by atoms with Crippen LogP contribution in [-0.2, 0) is 4.79 Å². The largest absolute Gasteiger partial charge is 0.369 e. The molecule has 3 amide bonds. The Bertz CT molecular complexity index is 392. The van der Waals surface area contributed by atoms with Gasteiger partial charge in [0, 0.05) is 12.1 Å². The molecule has 5 nitrogen and oxygen atoms in total. The molecule has 0 unspecified atom stereocenters. The van der Waals surface area contributed by atoms with E-state index in [0.717, 1.165) is 32.1 Å². The first-order valence-electron chi connectivity index (χ1n) is 8.51. The summed E-state index contributed by atoms with van der Waals surface area (Å²) < 4.78 is 0. The van der Waals surface area contributed by atoms with Crippen molar-refractivity contribution in [3.8, 4) is 0 Å². The highest BCUT2D eigenvalue weighted by atomic mass is 16.2. The summed E-state index contributed by atoms with van der Waals surface area (Å²) in [6, 6.07) is 0.156. The Morgan fingerprint density at radius 3 is 2.10 bits per heavy atom. The van der Waals surface area contributed by atoms with Gasteiger partial charge in [0.1, 0.15) is 0 Å². The first-order valence-corrected chi connectivity index (χ1v) is 8.51. The van der Waals surface area contributed by atoms with Crippen LogP contribution in [0.2, 0.25) is 0 Å². The van der Waals surface area contributed by atoms with Crippen LogP contribution in [0.3, 0.4) is 0 Å². The Hall–Kier alpha value is -1.26. The smallest absolute Gasteiger partial charge is 0.315 e. The molecule has 3 rings (SSSR count). The van der Waals surface area contributed by atoms with Crippen molar-refractivity contribution in [1.82, 2.24) is 10.6 Å². The molecule has 3 fully saturated rings. The van der Waals surface area contributed by atoms with Crippen molar-refractivity contribution >= 4 is 11.9 Å². The molecule has 118 valence electrons. The van der Waals surface area contributed by atoms with Gasteiger partial charge in [0.2, 0.25) is 5.91 Å². The molecule has 2 atom stereocenters. The van der Waals surface area contributed by atoms with Gasteiger partial charge < -0.3 is 16.4 Å². The van der Waals surface area contributed by atoms with E-state index < -0.39 is 0 Å². The number of primary amides is 1. The van der Waals surface area contributed by atoms with Crippen molar-refractivity contribution in [2.45, 2.75) is 69.9 Å². The minimum atomic E-state index is -0.275. The zero-order valence-electron chi connectivity index (χ0n) is 12.6. The summed E-state index contributed by atoms with van der Waals surface area (Å²) in [5.41, 5.74) is 5.51. The number of rotatable bonds is 5. The molecule has 0 heterocycles. The quantitative estimate of drug-likeness (QED) is 0.676. The van der Waals surface area contributed by atoms with Crippen LogP contribution in [0.4, 0.5) is 4.79 Å². The van der Waals surface area contributed by atoms with E-state index in [-0.39, 0.29) is 23.9 Å². The molecule has 5 heteroatoms. The SMILES string of the molecule is NC(=O)[C@H]1CCCCC[C@H]1NC(=O)NC(C1CC1)C1CC1. The minimum absolute atomic E-state index is 0.0935. The third kappa shape index (κ3) is 3.89. The number of amides is 3. The molecule has 0 radical (unpaired) electrons. The fourth-order valence-electron chi connectivity index (χ4n) is 3.71. The highest BCUT2D eigenvalue weighted by Gasteiger charge is 2.42. The molecule has 21 heavy (non-hydrogen) atoms. The second-order valence-electron chi connectivity index (χ2n) is 7.07. The second kappa shape index (κ2) is 6.24. The third-order valence-electron chi connectivity index (χ3n) is 5.26. The Morgan fingerprint density at radius 2 is 1.52 bits per heavy atom. The highest BCUT2D eigenvalue weighted by Crippen LogP contribution is 2.44. The monoisotopic (exact) mass is 293 g/mol. The maximum absolute atomic E-state index is 12.3. The lowest BCUT2D eigenvalue weighted by molar-refractivity contribution is -0.122. The maximum Gasteiger partial charge on any atom is 0.315 e. The van der Waals surface area contributed by atoms with Crippen LogP contribution >= 0.6 is 0 Å². The average molecular weight is 293 g/mol. The van der Waals surface area contributed by atoms with Gasteiger partial charge >= 0.3 is 6.03 Å². The Morgan fingerprint density at radius 1 is 0.905 bits per heavy atom. The number of carbonyl (C=O) groups is 2. The van der Waals surface area contributed by atoms with Crippen molar-refractivity contribution in [1.29, 1.82) is 0 Å². The number of nitrogens with two attached hydrogens (primary N) is 1. The van der Waals surface area contributed by atoms with Gasteiger partial charge in [0.05, 0.1) is 5.92 Å². The highest BCUT2D eigenvalue weighted by molar-refractivity contribution is 5.80. The average Bonchev–Trinajstić information content (AvgIpc) is 3.31. The lowest BCUT2D eigenvalue weighted by Gasteiger charge is -2.26. The fourth-order valence-corrected chi connectivity index (χ4v) is 3.71. The van der Waals surface area contributed by atoms with Crippen molar-refractivity contribution in [2.75, 3.05) is 0 Å². The number of carbonyl (C=O) groups excluding carboxylic acids is 2. The molecule has 3 aliphatic rings. The molecule has 4 N–H and O–H groups in total. The van der Waals surface area contributed by atoms with Gasteiger partial charge in [-0.05, 0) is 50.4 Å². The zero-order valence-corrected chi connectivity index (χ0v) is 12.6. The van der Waals surface area contributed by atoms with Crippen LogP contribution in [0.25, 0.3) is 0 Å². The van der Waals surface area contributed by atoms with Crippen LogP contribution in [-0.4, -0.2) is 24.0 Å². The molecule has 0 aromatic heterocycles. The zero-order chi connectivity index (χ0) is 14.8. The molecule has 0 spiro atoms. The molecular formula is C16H27N3O2. The van der Waals surface area contributed by atoms with Gasteiger partial charge in [-0.15, -0.1) is 0 Å². The van der Waals surface area contributed by atoms with Crippen LogP contribution in [0.5, 0.6) is 0 Å². The molecule has 0 bridgehead atoms. The minimum Gasteiger partial charge on any atom is -0.369 e. The summed E-state index contributed by atoms with van der Waals surface area (Å²) in [4.78, 5) is 23.9. The van der Waals surface area contributed by atoms with Crippen molar-refractivity contribution in [2.24, 2.45) is 23.5 Å². The van der Waals surface area contributed by atoms with E-state index >= 15 is 0 Å². The fraction of sp³-hybridized carbons (Fsp3) is 0.875. The van der Waals surface area contributed by atoms with E-state index in [0.29, 0.717) is 17.9 Å². The molecule has 3 aliphatic carbocycles. The summed E-state index contributed by atoms with van der Waals surface area (Å²) in [5, 5.41) is 6.20. The first-order chi connectivity index (χ1) is 10.1. The Labute approximate surface area is 126 Å². The van der Waals surface area contributed by atoms with Crippen LogP contribution < -0.4 is 16.4 Å². The van der Waals surface area contributed by atoms with Crippen molar-refractivity contribution in [3.63, 3.8) is 0 Å². The normalized spacial score (nSPS) is 29.8. The summed E-state index contributed by atoms with van der Waals surface area (Å²) in [6.45, 7) is 0. The van der Waals surface area contributed by atoms with Gasteiger partial charge in [-0.3, -0.25) is 4.79 Å². The van der Waals surface area contributed by atoms with Gasteiger partial charge in [0.25, 0.3) is 0 Å². The summed E-state index contributed by atoms with van der Waals surface area (Å²) in [5.74, 6) is 0.885. The maximum atomic E-state index is 12.3. The predicted molar refractivity (Wildman–Crippen MR) is 80.5 cm³/mol. The van der Waals surface area contributed by atoms with Crippen molar-refractivity contribution in [3.05, 3.63) is 0 Å². The van der Waals surface area contributed by atoms with E-state index in [9.17, 15) is 9.59 Å². The third-order valence-corrected chi connectivity index (χ3v) is 5.26. The number of hydrogen-bond donors (Lipinski definition) is 3. The van der Waals surface area contributed by atoms with Crippen LogP contribution in [0.1, 0.15) is 57.8 Å². The summed E-state index contributed by atoms with van der Waals surface area (Å²) in [7, 11) is 0. The lowest BCUT2D eigenvalue weighted by atomic mass is 9.94. The summed E-state index contributed by atoms with van der Waals surface area (Å²) in [6.07, 6.45) is 9.85. The van der Waals surface area contributed by atoms with E-state index in [1.807, 2.05) is 0 Å². The van der Waals surface area contributed by atoms with Gasteiger partial charge in [-0.2, -0.15) is 0 Å². The number of hydrogen-bond acceptors (Lipinski definition) is 2. The molecule has 0 aromatic rings. The van der Waals surface area contributed by atoms with Gasteiger partial charge in [0.15, 0.2) is 0 Å². The molecule has 0 saturated heterocycles. The molecule has 3 saturated carbocycles. The molecule has 0 aromatic carbocycles. The van der Waals surface area contributed by atoms with E-state index in [1.54, 1.807) is 0 Å². The van der Waals surface area contributed by atoms with E-state index in [2.05, 4.69) is 10.6 Å². The van der Waals surface area contributed by atoms with Crippen LogP contribution in [0, 0.1) is 17.8 Å². The van der Waals surface area contributed by atoms with E-state index in [4.69, 9.17) is 5.73 Å². The predicted octanol–water partition coefficient (Wildman–Crippen LogP) is 1.91. The number of urea groups is 1. The van der Waals surface area contributed by atoms with Crippen LogP contribution in [0.15, 0.2) is 0 Å². The van der Waals surface area contributed by atoms with Gasteiger partial charge in [-0.1, -0.05) is 19.3 Å². The van der Waals surface area contributed by atoms with E-state index in [1.165, 1.54) is 25.7 Å². The lowest BCUT2D eigenvalue weighted by Crippen LogP contribution is -2.51. The topological polar surface area (TPSA) is 84.2 Å². The number of nitrogens with one attached hydrogen (secondary N) is 2. The molecule has 0 aliphatic heterocycles. The second-order valence-corrected chi connectivity index (χ2v) is 7.07. The van der Waals surface area contributed by atoms with Crippen molar-refractivity contribution < 1.29 is 9.59 Å². The Balaban J connectivity index is 1.55. The first kappa shape index (κ1) is 14.7.